The van der Waals surface area contributed by atoms with E-state index >= 15 is 0 Å². The van der Waals surface area contributed by atoms with Crippen molar-refractivity contribution in [2.75, 3.05) is 18.0 Å². The molecule has 5 heteroatoms. The van der Waals surface area contributed by atoms with Gasteiger partial charge in [0, 0.05) is 24.5 Å². The molecule has 0 spiro atoms. The van der Waals surface area contributed by atoms with Gasteiger partial charge in [-0.1, -0.05) is 6.92 Å². The largest absolute Gasteiger partial charge is 0.349 e. The molecule has 1 amide bonds. The Hall–Kier alpha value is -1.10. The second kappa shape index (κ2) is 5.69. The lowest BCUT2D eigenvalue weighted by Gasteiger charge is -2.30. The lowest BCUT2D eigenvalue weighted by atomic mass is 10.0. The number of amides is 1. The molecule has 100 valence electrons. The molecular formula is C13H21N3OS. The molecule has 0 aliphatic carbocycles. The van der Waals surface area contributed by atoms with Crippen LogP contribution >= 0.6 is 11.3 Å². The molecule has 2 rings (SSSR count). The van der Waals surface area contributed by atoms with Gasteiger partial charge in [0.15, 0.2) is 5.13 Å². The first-order valence-electron chi connectivity index (χ1n) is 6.57. The summed E-state index contributed by atoms with van der Waals surface area (Å²) in [6.45, 7) is 8.29. The van der Waals surface area contributed by atoms with E-state index in [1.165, 1.54) is 12.8 Å². The molecule has 1 saturated heterocycles. The summed E-state index contributed by atoms with van der Waals surface area (Å²) in [7, 11) is 0. The zero-order valence-electron chi connectivity index (χ0n) is 11.3. The molecule has 1 aliphatic heterocycles. The summed E-state index contributed by atoms with van der Waals surface area (Å²) in [4.78, 5) is 18.6. The normalized spacial score (nSPS) is 20.2. The van der Waals surface area contributed by atoms with Crippen molar-refractivity contribution in [3.8, 4) is 0 Å². The Morgan fingerprint density at radius 3 is 3.06 bits per heavy atom. The quantitative estimate of drug-likeness (QED) is 0.915. The zero-order valence-corrected chi connectivity index (χ0v) is 12.1. The topological polar surface area (TPSA) is 45.2 Å². The number of anilines is 1. The van der Waals surface area contributed by atoms with Gasteiger partial charge in [-0.05, 0) is 32.6 Å². The van der Waals surface area contributed by atoms with E-state index in [2.05, 4.69) is 22.1 Å². The van der Waals surface area contributed by atoms with Gasteiger partial charge in [-0.15, -0.1) is 11.3 Å². The average molecular weight is 267 g/mol. The summed E-state index contributed by atoms with van der Waals surface area (Å²) in [6, 6.07) is 0.151. The van der Waals surface area contributed by atoms with E-state index in [0.717, 1.165) is 24.1 Å². The number of aromatic nitrogens is 1. The van der Waals surface area contributed by atoms with Crippen LogP contribution in [0.1, 0.15) is 44.1 Å². The Bertz CT molecular complexity index is 416. The lowest BCUT2D eigenvalue weighted by Crippen LogP contribution is -2.34. The van der Waals surface area contributed by atoms with E-state index in [0.29, 0.717) is 5.69 Å². The van der Waals surface area contributed by atoms with Gasteiger partial charge in [0.05, 0.1) is 0 Å². The highest BCUT2D eigenvalue weighted by molar-refractivity contribution is 7.13. The minimum absolute atomic E-state index is 0.0717. The standard InChI is InChI=1S/C13H21N3OS/c1-9(2)14-12(17)11-8-18-13(15-11)16-6-4-5-10(3)7-16/h8-10H,4-7H2,1-3H3,(H,14,17). The maximum atomic E-state index is 11.8. The number of rotatable bonds is 3. The molecule has 1 unspecified atom stereocenters. The van der Waals surface area contributed by atoms with Crippen LogP contribution in [0.2, 0.25) is 0 Å². The molecule has 0 saturated carbocycles. The van der Waals surface area contributed by atoms with Crippen molar-refractivity contribution in [3.63, 3.8) is 0 Å². The lowest BCUT2D eigenvalue weighted by molar-refractivity contribution is 0.0939. The Balaban J connectivity index is 2.03. The van der Waals surface area contributed by atoms with Crippen molar-refractivity contribution in [2.24, 2.45) is 5.92 Å². The summed E-state index contributed by atoms with van der Waals surface area (Å²) in [5.41, 5.74) is 0.543. The first-order chi connectivity index (χ1) is 8.56. The highest BCUT2D eigenvalue weighted by Gasteiger charge is 2.20. The third kappa shape index (κ3) is 3.22. The third-order valence-corrected chi connectivity index (χ3v) is 3.97. The van der Waals surface area contributed by atoms with Crippen molar-refractivity contribution in [1.29, 1.82) is 0 Å². The van der Waals surface area contributed by atoms with Crippen molar-refractivity contribution in [1.82, 2.24) is 10.3 Å². The van der Waals surface area contributed by atoms with Crippen LogP contribution in [0.25, 0.3) is 0 Å². The molecule has 1 aromatic rings. The van der Waals surface area contributed by atoms with Gasteiger partial charge >= 0.3 is 0 Å². The summed E-state index contributed by atoms with van der Waals surface area (Å²) < 4.78 is 0. The fraction of sp³-hybridized carbons (Fsp3) is 0.692. The second-order valence-corrected chi connectivity index (χ2v) is 6.17. The van der Waals surface area contributed by atoms with E-state index in [4.69, 9.17) is 0 Å². The van der Waals surface area contributed by atoms with Crippen LogP contribution in [0, 0.1) is 5.92 Å². The molecule has 1 N–H and O–H groups in total. The van der Waals surface area contributed by atoms with Gasteiger partial charge in [0.25, 0.3) is 5.91 Å². The smallest absolute Gasteiger partial charge is 0.271 e. The van der Waals surface area contributed by atoms with Crippen molar-refractivity contribution >= 4 is 22.4 Å². The zero-order chi connectivity index (χ0) is 13.1. The van der Waals surface area contributed by atoms with Gasteiger partial charge < -0.3 is 10.2 Å². The van der Waals surface area contributed by atoms with E-state index in [1.54, 1.807) is 11.3 Å². The predicted octanol–water partition coefficient (Wildman–Crippen LogP) is 2.52. The fourth-order valence-electron chi connectivity index (χ4n) is 2.21. The van der Waals surface area contributed by atoms with Gasteiger partial charge in [-0.25, -0.2) is 4.98 Å². The van der Waals surface area contributed by atoms with Crippen LogP contribution in [-0.2, 0) is 0 Å². The third-order valence-electron chi connectivity index (χ3n) is 3.07. The monoisotopic (exact) mass is 267 g/mol. The number of carbonyl (C=O) groups excluding carboxylic acids is 1. The molecule has 0 aromatic carbocycles. The molecule has 1 aromatic heterocycles. The SMILES string of the molecule is CC1CCCN(c2nc(C(=O)NC(C)C)cs2)C1. The van der Waals surface area contributed by atoms with Crippen LogP contribution in [0.4, 0.5) is 5.13 Å². The van der Waals surface area contributed by atoms with Gasteiger partial charge in [-0.3, -0.25) is 4.79 Å². The van der Waals surface area contributed by atoms with Crippen molar-refractivity contribution in [3.05, 3.63) is 11.1 Å². The molecule has 2 heterocycles. The van der Waals surface area contributed by atoms with Crippen molar-refractivity contribution < 1.29 is 4.79 Å². The van der Waals surface area contributed by atoms with Crippen LogP contribution < -0.4 is 10.2 Å². The van der Waals surface area contributed by atoms with Gasteiger partial charge in [0.2, 0.25) is 0 Å². The molecule has 1 aliphatic rings. The molecular weight excluding hydrogens is 246 g/mol. The highest BCUT2D eigenvalue weighted by atomic mass is 32.1. The Morgan fingerprint density at radius 2 is 2.39 bits per heavy atom. The summed E-state index contributed by atoms with van der Waals surface area (Å²) >= 11 is 1.57. The summed E-state index contributed by atoms with van der Waals surface area (Å²) in [6.07, 6.45) is 2.51. The van der Waals surface area contributed by atoms with Gasteiger partial charge in [0.1, 0.15) is 5.69 Å². The molecule has 1 atom stereocenters. The van der Waals surface area contributed by atoms with E-state index < -0.39 is 0 Å². The molecule has 18 heavy (non-hydrogen) atoms. The summed E-state index contributed by atoms with van der Waals surface area (Å²) in [5, 5.41) is 5.71. The molecule has 1 fully saturated rings. The van der Waals surface area contributed by atoms with Crippen LogP contribution in [0.15, 0.2) is 5.38 Å². The second-order valence-electron chi connectivity index (χ2n) is 5.34. The fourth-order valence-corrected chi connectivity index (χ4v) is 3.06. The minimum atomic E-state index is -0.0717. The Labute approximate surface area is 112 Å². The maximum absolute atomic E-state index is 11.8. The number of nitrogens with one attached hydrogen (secondary N) is 1. The number of carbonyl (C=O) groups is 1. The number of hydrogen-bond donors (Lipinski definition) is 1. The summed E-state index contributed by atoms with van der Waals surface area (Å²) in [5.74, 6) is 0.646. The number of hydrogen-bond acceptors (Lipinski definition) is 4. The van der Waals surface area contributed by atoms with E-state index in [9.17, 15) is 4.79 Å². The Kier molecular flexibility index (Phi) is 4.22. The predicted molar refractivity (Wildman–Crippen MR) is 75.3 cm³/mol. The van der Waals surface area contributed by atoms with E-state index in [-0.39, 0.29) is 11.9 Å². The molecule has 0 radical (unpaired) electrons. The van der Waals surface area contributed by atoms with Crippen LogP contribution in [0.3, 0.4) is 0 Å². The Morgan fingerprint density at radius 1 is 1.61 bits per heavy atom. The highest BCUT2D eigenvalue weighted by Crippen LogP contribution is 2.26. The number of piperidine rings is 1. The minimum Gasteiger partial charge on any atom is -0.349 e. The van der Waals surface area contributed by atoms with E-state index in [1.807, 2.05) is 19.2 Å². The van der Waals surface area contributed by atoms with Gasteiger partial charge in [-0.2, -0.15) is 0 Å². The van der Waals surface area contributed by atoms with Crippen LogP contribution in [-0.4, -0.2) is 30.0 Å². The maximum Gasteiger partial charge on any atom is 0.271 e. The first kappa shape index (κ1) is 13.3. The molecule has 4 nitrogen and oxygen atoms in total. The average Bonchev–Trinajstić information content (AvgIpc) is 2.77. The molecule has 0 bridgehead atoms. The van der Waals surface area contributed by atoms with Crippen LogP contribution in [0.5, 0.6) is 0 Å². The number of thiazole rings is 1. The number of nitrogens with zero attached hydrogens (tertiary/aromatic N) is 2. The van der Waals surface area contributed by atoms with Crippen molar-refractivity contribution in [2.45, 2.75) is 39.7 Å². The first-order valence-corrected chi connectivity index (χ1v) is 7.45.